The average molecular weight is 397 g/mol. The predicted octanol–water partition coefficient (Wildman–Crippen LogP) is 0.817. The third-order valence-electron chi connectivity index (χ3n) is 4.49. The summed E-state index contributed by atoms with van der Waals surface area (Å²) < 4.78 is 27.3. The normalized spacial score (nSPS) is 16.1. The molecule has 1 aromatic carbocycles. The van der Waals surface area contributed by atoms with E-state index < -0.39 is 28.7 Å². The maximum absolute atomic E-state index is 12.6. The van der Waals surface area contributed by atoms with Gasteiger partial charge in [0, 0.05) is 27.2 Å². The zero-order chi connectivity index (χ0) is 20.0. The van der Waals surface area contributed by atoms with E-state index in [1.54, 1.807) is 42.2 Å². The zero-order valence-electron chi connectivity index (χ0n) is 16.1. The number of amides is 2. The molecule has 1 aromatic rings. The van der Waals surface area contributed by atoms with Gasteiger partial charge >= 0.3 is 10.2 Å². The van der Waals surface area contributed by atoms with Crippen molar-refractivity contribution in [3.63, 3.8) is 0 Å². The summed E-state index contributed by atoms with van der Waals surface area (Å²) in [6.45, 7) is 2.62. The van der Waals surface area contributed by atoms with Crippen molar-refractivity contribution in [2.45, 2.75) is 32.2 Å². The molecular weight excluding hydrogens is 368 g/mol. The molecule has 0 radical (unpaired) electrons. The highest BCUT2D eigenvalue weighted by Crippen LogP contribution is 2.18. The summed E-state index contributed by atoms with van der Waals surface area (Å²) in [6.07, 6.45) is 3.05. The second-order valence-corrected chi connectivity index (χ2v) is 8.87. The fourth-order valence-electron chi connectivity index (χ4n) is 2.96. The lowest BCUT2D eigenvalue weighted by atomic mass is 10.1. The first-order valence-corrected chi connectivity index (χ1v) is 10.5. The maximum Gasteiger partial charge on any atom is 0.304 e. The van der Waals surface area contributed by atoms with E-state index in [4.69, 9.17) is 0 Å². The van der Waals surface area contributed by atoms with Crippen molar-refractivity contribution < 1.29 is 18.0 Å². The molecule has 0 unspecified atom stereocenters. The Bertz CT molecular complexity index is 746. The molecule has 1 saturated heterocycles. The zero-order valence-corrected chi connectivity index (χ0v) is 16.9. The lowest BCUT2D eigenvalue weighted by Crippen LogP contribution is -2.52. The third-order valence-corrected chi connectivity index (χ3v) is 6.31. The van der Waals surface area contributed by atoms with Crippen molar-refractivity contribution in [2.75, 3.05) is 38.0 Å². The number of hydrogen-bond acceptors (Lipinski definition) is 4. The SMILES string of the molecule is C[C@@H](NC(=O)CN(c1ccccc1)S(=O)(=O)N(C)C)C(=O)N1CCCCC1. The van der Waals surface area contributed by atoms with Crippen LogP contribution in [0.2, 0.25) is 0 Å². The van der Waals surface area contributed by atoms with Crippen LogP contribution in [0, 0.1) is 0 Å². The number of carbonyl (C=O) groups excluding carboxylic acids is 2. The second kappa shape index (κ2) is 9.18. The van der Waals surface area contributed by atoms with Crippen LogP contribution in [0.3, 0.4) is 0 Å². The first-order valence-electron chi connectivity index (χ1n) is 9.07. The fourth-order valence-corrected chi connectivity index (χ4v) is 4.03. The quantitative estimate of drug-likeness (QED) is 0.739. The molecule has 0 spiro atoms. The van der Waals surface area contributed by atoms with Gasteiger partial charge in [0.1, 0.15) is 12.6 Å². The van der Waals surface area contributed by atoms with Crippen LogP contribution >= 0.6 is 0 Å². The van der Waals surface area contributed by atoms with Crippen LogP contribution < -0.4 is 9.62 Å². The van der Waals surface area contributed by atoms with Crippen LogP contribution in [0.15, 0.2) is 30.3 Å². The Morgan fingerprint density at radius 1 is 1.11 bits per heavy atom. The van der Waals surface area contributed by atoms with Crippen LogP contribution in [-0.2, 0) is 19.8 Å². The summed E-state index contributed by atoms with van der Waals surface area (Å²) in [5, 5.41) is 2.63. The summed E-state index contributed by atoms with van der Waals surface area (Å²) >= 11 is 0. The van der Waals surface area contributed by atoms with Gasteiger partial charge in [-0.25, -0.2) is 4.31 Å². The molecule has 27 heavy (non-hydrogen) atoms. The van der Waals surface area contributed by atoms with Gasteiger partial charge in [0.25, 0.3) is 0 Å². The van der Waals surface area contributed by atoms with Gasteiger partial charge in [-0.2, -0.15) is 12.7 Å². The van der Waals surface area contributed by atoms with Crippen molar-refractivity contribution in [1.29, 1.82) is 0 Å². The molecule has 2 amide bonds. The minimum absolute atomic E-state index is 0.134. The predicted molar refractivity (Wildman–Crippen MR) is 104 cm³/mol. The number of likely N-dealkylation sites (tertiary alicyclic amines) is 1. The highest BCUT2D eigenvalue weighted by atomic mass is 32.2. The van der Waals surface area contributed by atoms with E-state index in [2.05, 4.69) is 5.32 Å². The Morgan fingerprint density at radius 3 is 2.26 bits per heavy atom. The summed E-state index contributed by atoms with van der Waals surface area (Å²) in [7, 11) is -1.04. The van der Waals surface area contributed by atoms with Crippen molar-refractivity contribution in [3.05, 3.63) is 30.3 Å². The van der Waals surface area contributed by atoms with Gasteiger partial charge in [-0.05, 0) is 38.3 Å². The Morgan fingerprint density at radius 2 is 1.70 bits per heavy atom. The van der Waals surface area contributed by atoms with Crippen molar-refractivity contribution in [3.8, 4) is 0 Å². The molecule has 150 valence electrons. The monoisotopic (exact) mass is 396 g/mol. The number of piperidine rings is 1. The van der Waals surface area contributed by atoms with Crippen molar-refractivity contribution in [1.82, 2.24) is 14.5 Å². The minimum atomic E-state index is -3.85. The minimum Gasteiger partial charge on any atom is -0.343 e. The largest absolute Gasteiger partial charge is 0.343 e. The number of carbonyl (C=O) groups is 2. The number of hydrogen-bond donors (Lipinski definition) is 1. The fraction of sp³-hybridized carbons (Fsp3) is 0.556. The van der Waals surface area contributed by atoms with Crippen LogP contribution in [-0.4, -0.2) is 69.2 Å². The van der Waals surface area contributed by atoms with Gasteiger partial charge in [-0.15, -0.1) is 0 Å². The number of para-hydroxylation sites is 1. The molecule has 0 bridgehead atoms. The molecular formula is C18H28N4O4S. The lowest BCUT2D eigenvalue weighted by Gasteiger charge is -2.30. The Balaban J connectivity index is 2.08. The third kappa shape index (κ3) is 5.43. The van der Waals surface area contributed by atoms with Crippen LogP contribution in [0.5, 0.6) is 0 Å². The molecule has 1 atom stereocenters. The topological polar surface area (TPSA) is 90.0 Å². The molecule has 1 N–H and O–H groups in total. The van der Waals surface area contributed by atoms with Crippen LogP contribution in [0.1, 0.15) is 26.2 Å². The smallest absolute Gasteiger partial charge is 0.304 e. The highest BCUT2D eigenvalue weighted by molar-refractivity contribution is 7.90. The van der Waals surface area contributed by atoms with Gasteiger partial charge in [-0.3, -0.25) is 9.59 Å². The first-order chi connectivity index (χ1) is 12.7. The van der Waals surface area contributed by atoms with Crippen molar-refractivity contribution in [2.24, 2.45) is 0 Å². The highest BCUT2D eigenvalue weighted by Gasteiger charge is 2.29. The Labute approximate surface area is 161 Å². The number of anilines is 1. The van der Waals surface area contributed by atoms with E-state index in [0.717, 1.165) is 27.9 Å². The Kier molecular flexibility index (Phi) is 7.20. The molecule has 0 saturated carbocycles. The van der Waals surface area contributed by atoms with E-state index in [-0.39, 0.29) is 5.91 Å². The van der Waals surface area contributed by atoms with Gasteiger partial charge in [0.05, 0.1) is 5.69 Å². The van der Waals surface area contributed by atoms with E-state index >= 15 is 0 Å². The van der Waals surface area contributed by atoms with E-state index in [0.29, 0.717) is 18.8 Å². The average Bonchev–Trinajstić information content (AvgIpc) is 2.66. The summed E-state index contributed by atoms with van der Waals surface area (Å²) in [5.41, 5.74) is 0.386. The molecule has 0 aromatic heterocycles. The molecule has 1 aliphatic rings. The summed E-state index contributed by atoms with van der Waals surface area (Å²) in [6, 6.07) is 7.72. The van der Waals surface area contributed by atoms with Gasteiger partial charge in [0.2, 0.25) is 11.8 Å². The van der Waals surface area contributed by atoms with Crippen LogP contribution in [0.4, 0.5) is 5.69 Å². The molecule has 1 fully saturated rings. The number of rotatable bonds is 7. The molecule has 8 nitrogen and oxygen atoms in total. The second-order valence-electron chi connectivity index (χ2n) is 6.81. The number of nitrogens with one attached hydrogen (secondary N) is 1. The molecule has 0 aliphatic carbocycles. The van der Waals surface area contributed by atoms with E-state index in [9.17, 15) is 18.0 Å². The van der Waals surface area contributed by atoms with E-state index in [1.165, 1.54) is 14.1 Å². The number of nitrogens with zero attached hydrogens (tertiary/aromatic N) is 3. The molecule has 1 heterocycles. The lowest BCUT2D eigenvalue weighted by molar-refractivity contribution is -0.136. The first kappa shape index (κ1) is 21.2. The molecule has 9 heteroatoms. The standard InChI is InChI=1S/C18H28N4O4S/c1-15(18(24)21-12-8-5-9-13-21)19-17(23)14-22(27(25,26)20(2)3)16-10-6-4-7-11-16/h4,6-7,10-11,15H,5,8-9,12-14H2,1-3H3,(H,19,23)/t15-/m1/s1. The van der Waals surface area contributed by atoms with Gasteiger partial charge in [0.15, 0.2) is 0 Å². The van der Waals surface area contributed by atoms with Crippen molar-refractivity contribution >= 4 is 27.7 Å². The summed E-state index contributed by atoms with van der Waals surface area (Å²) in [5.74, 6) is -0.660. The molecule has 2 rings (SSSR count). The van der Waals surface area contributed by atoms with Gasteiger partial charge < -0.3 is 10.2 Å². The van der Waals surface area contributed by atoms with Crippen LogP contribution in [0.25, 0.3) is 0 Å². The van der Waals surface area contributed by atoms with Gasteiger partial charge in [-0.1, -0.05) is 18.2 Å². The number of benzene rings is 1. The van der Waals surface area contributed by atoms with E-state index in [1.807, 2.05) is 0 Å². The summed E-state index contributed by atoms with van der Waals surface area (Å²) in [4.78, 5) is 26.7. The Hall–Kier alpha value is -2.13. The maximum atomic E-state index is 12.6. The molecule has 1 aliphatic heterocycles.